The molecule has 5 nitrogen and oxygen atoms in total. The number of hydrogen-bond donors (Lipinski definition) is 2. The Morgan fingerprint density at radius 1 is 0.893 bits per heavy atom. The van der Waals surface area contributed by atoms with Crippen molar-refractivity contribution in [1.82, 2.24) is 10.6 Å². The molecule has 0 fully saturated rings. The third kappa shape index (κ3) is 8.11. The quantitative estimate of drug-likeness (QED) is 0.335. The van der Waals surface area contributed by atoms with Crippen LogP contribution in [0.2, 0.25) is 0 Å². The average Bonchev–Trinajstić information content (AvgIpc) is 2.74. The summed E-state index contributed by atoms with van der Waals surface area (Å²) in [4.78, 5) is 4.85. The number of guanidine groups is 1. The Morgan fingerprint density at radius 2 is 1.54 bits per heavy atom. The largest absolute Gasteiger partial charge is 0.382 e. The number of hydrogen-bond acceptors (Lipinski definition) is 3. The Morgan fingerprint density at radius 3 is 2.11 bits per heavy atom. The molecule has 28 heavy (non-hydrogen) atoms. The first kappa shape index (κ1) is 21.9. The lowest BCUT2D eigenvalue weighted by atomic mass is 9.91. The molecule has 2 aromatic carbocycles. The highest BCUT2D eigenvalue weighted by molar-refractivity contribution is 5.79. The molecule has 5 heteroatoms. The molecular weight excluding hydrogens is 350 g/mol. The summed E-state index contributed by atoms with van der Waals surface area (Å²) >= 11 is 0. The van der Waals surface area contributed by atoms with Crippen LogP contribution in [0.1, 0.15) is 30.4 Å². The summed E-state index contributed by atoms with van der Waals surface area (Å²) in [5, 5.41) is 6.73. The second-order valence-corrected chi connectivity index (χ2v) is 6.48. The normalized spacial score (nSPS) is 11.6. The minimum Gasteiger partial charge on any atom is -0.382 e. The summed E-state index contributed by atoms with van der Waals surface area (Å²) in [6.45, 7) is 6.41. The van der Waals surface area contributed by atoms with Crippen LogP contribution in [0, 0.1) is 0 Å². The highest BCUT2D eigenvalue weighted by Crippen LogP contribution is 2.24. The summed E-state index contributed by atoms with van der Waals surface area (Å²) in [5.41, 5.74) is 2.56. The van der Waals surface area contributed by atoms with E-state index in [2.05, 4.69) is 78.2 Å². The van der Waals surface area contributed by atoms with Gasteiger partial charge in [0.1, 0.15) is 0 Å². The number of benzene rings is 2. The maximum Gasteiger partial charge on any atom is 0.191 e. The van der Waals surface area contributed by atoms with Crippen molar-refractivity contribution in [3.63, 3.8) is 0 Å². The lowest BCUT2D eigenvalue weighted by Crippen LogP contribution is -2.38. The number of methoxy groups -OCH3 is 1. The van der Waals surface area contributed by atoms with Gasteiger partial charge in [-0.25, -0.2) is 0 Å². The molecule has 0 aromatic heterocycles. The Kier molecular flexibility index (Phi) is 10.8. The third-order valence-electron chi connectivity index (χ3n) is 4.37. The molecule has 2 aromatic rings. The Labute approximate surface area is 169 Å². The van der Waals surface area contributed by atoms with E-state index in [0.717, 1.165) is 25.5 Å². The van der Waals surface area contributed by atoms with Gasteiger partial charge < -0.3 is 20.1 Å². The van der Waals surface area contributed by atoms with E-state index in [4.69, 9.17) is 14.5 Å². The molecule has 0 atom stereocenters. The minimum absolute atomic E-state index is 0.232. The van der Waals surface area contributed by atoms with Gasteiger partial charge in [0, 0.05) is 32.7 Å². The first-order valence-corrected chi connectivity index (χ1v) is 10.0. The van der Waals surface area contributed by atoms with Crippen LogP contribution in [0.15, 0.2) is 65.7 Å². The van der Waals surface area contributed by atoms with Crippen LogP contribution in [-0.2, 0) is 9.47 Å². The van der Waals surface area contributed by atoms with Gasteiger partial charge in [0.2, 0.25) is 0 Å². The van der Waals surface area contributed by atoms with Gasteiger partial charge in [-0.1, -0.05) is 60.7 Å². The predicted molar refractivity (Wildman–Crippen MR) is 116 cm³/mol. The van der Waals surface area contributed by atoms with Crippen molar-refractivity contribution in [2.75, 3.05) is 46.6 Å². The van der Waals surface area contributed by atoms with E-state index in [1.807, 2.05) is 0 Å². The van der Waals surface area contributed by atoms with Crippen molar-refractivity contribution in [3.8, 4) is 0 Å². The lowest BCUT2D eigenvalue weighted by Gasteiger charge is -2.18. The van der Waals surface area contributed by atoms with E-state index in [0.29, 0.717) is 26.4 Å². The first-order valence-electron chi connectivity index (χ1n) is 10.0. The van der Waals surface area contributed by atoms with E-state index in [-0.39, 0.29) is 5.92 Å². The summed E-state index contributed by atoms with van der Waals surface area (Å²) in [6.07, 6.45) is 0.926. The fraction of sp³-hybridized carbons (Fsp3) is 0.435. The van der Waals surface area contributed by atoms with Gasteiger partial charge in [-0.05, 0) is 24.5 Å². The second kappa shape index (κ2) is 13.7. The Bertz CT molecular complexity index is 623. The number of rotatable bonds is 12. The van der Waals surface area contributed by atoms with Crippen molar-refractivity contribution in [2.24, 2.45) is 4.99 Å². The van der Waals surface area contributed by atoms with Crippen molar-refractivity contribution in [3.05, 3.63) is 71.8 Å². The van der Waals surface area contributed by atoms with Gasteiger partial charge in [0.25, 0.3) is 0 Å². The zero-order valence-electron chi connectivity index (χ0n) is 17.1. The van der Waals surface area contributed by atoms with Crippen LogP contribution < -0.4 is 10.6 Å². The first-order chi connectivity index (χ1) is 13.8. The Balaban J connectivity index is 1.95. The van der Waals surface area contributed by atoms with Crippen LogP contribution in [-0.4, -0.2) is 52.5 Å². The van der Waals surface area contributed by atoms with Gasteiger partial charge in [-0.3, -0.25) is 4.99 Å². The standard InChI is InChI=1S/C23H33N3O2/c1-3-24-23(25-15-10-16-28-18-17-27-2)26-19-22(20-11-6-4-7-12-20)21-13-8-5-9-14-21/h4-9,11-14,22H,3,10,15-19H2,1-2H3,(H2,24,25,26). The van der Waals surface area contributed by atoms with Crippen LogP contribution in [0.5, 0.6) is 0 Å². The summed E-state index contributed by atoms with van der Waals surface area (Å²) in [7, 11) is 1.68. The van der Waals surface area contributed by atoms with Crippen molar-refractivity contribution in [2.45, 2.75) is 19.3 Å². The van der Waals surface area contributed by atoms with Gasteiger partial charge in [0.05, 0.1) is 19.8 Å². The predicted octanol–water partition coefficient (Wildman–Crippen LogP) is 3.43. The monoisotopic (exact) mass is 383 g/mol. The zero-order chi connectivity index (χ0) is 19.9. The molecule has 2 rings (SSSR count). The number of ether oxygens (including phenoxy) is 2. The maximum atomic E-state index is 5.50. The zero-order valence-corrected chi connectivity index (χ0v) is 17.1. The minimum atomic E-state index is 0.232. The smallest absolute Gasteiger partial charge is 0.191 e. The van der Waals surface area contributed by atoms with E-state index in [9.17, 15) is 0 Å². The lowest BCUT2D eigenvalue weighted by molar-refractivity contribution is 0.0698. The van der Waals surface area contributed by atoms with Crippen LogP contribution >= 0.6 is 0 Å². The molecule has 0 spiro atoms. The van der Waals surface area contributed by atoms with E-state index < -0.39 is 0 Å². The van der Waals surface area contributed by atoms with E-state index >= 15 is 0 Å². The third-order valence-corrected chi connectivity index (χ3v) is 4.37. The maximum absolute atomic E-state index is 5.50. The molecule has 0 amide bonds. The van der Waals surface area contributed by atoms with Crippen LogP contribution in [0.4, 0.5) is 0 Å². The molecule has 2 N–H and O–H groups in total. The molecule has 152 valence electrons. The molecule has 0 bridgehead atoms. The van der Waals surface area contributed by atoms with E-state index in [1.54, 1.807) is 7.11 Å². The Hall–Kier alpha value is -2.37. The second-order valence-electron chi connectivity index (χ2n) is 6.48. The molecular formula is C23H33N3O2. The van der Waals surface area contributed by atoms with Gasteiger partial charge in [-0.2, -0.15) is 0 Å². The van der Waals surface area contributed by atoms with Crippen molar-refractivity contribution >= 4 is 5.96 Å². The highest BCUT2D eigenvalue weighted by Gasteiger charge is 2.13. The molecule has 0 saturated carbocycles. The molecule has 0 radical (unpaired) electrons. The van der Waals surface area contributed by atoms with Crippen LogP contribution in [0.25, 0.3) is 0 Å². The summed E-state index contributed by atoms with van der Waals surface area (Å²) in [6, 6.07) is 21.1. The molecule has 0 aliphatic carbocycles. The molecule has 0 aliphatic heterocycles. The SMILES string of the molecule is CCNC(=NCC(c1ccccc1)c1ccccc1)NCCCOCCOC. The molecule has 0 unspecified atom stereocenters. The average molecular weight is 384 g/mol. The van der Waals surface area contributed by atoms with Gasteiger partial charge in [-0.15, -0.1) is 0 Å². The van der Waals surface area contributed by atoms with E-state index in [1.165, 1.54) is 11.1 Å². The summed E-state index contributed by atoms with van der Waals surface area (Å²) < 4.78 is 10.5. The molecule has 0 aliphatic rings. The molecule has 0 saturated heterocycles. The topological polar surface area (TPSA) is 54.9 Å². The highest BCUT2D eigenvalue weighted by atomic mass is 16.5. The van der Waals surface area contributed by atoms with Gasteiger partial charge in [0.15, 0.2) is 5.96 Å². The fourth-order valence-corrected chi connectivity index (χ4v) is 2.92. The summed E-state index contributed by atoms with van der Waals surface area (Å²) in [5.74, 6) is 1.08. The van der Waals surface area contributed by atoms with Crippen molar-refractivity contribution < 1.29 is 9.47 Å². The number of nitrogens with one attached hydrogen (secondary N) is 2. The molecule has 0 heterocycles. The number of nitrogens with zero attached hydrogens (tertiary/aromatic N) is 1. The number of aliphatic imine (C=N–C) groups is 1. The van der Waals surface area contributed by atoms with Crippen LogP contribution in [0.3, 0.4) is 0 Å². The fourth-order valence-electron chi connectivity index (χ4n) is 2.92. The van der Waals surface area contributed by atoms with Gasteiger partial charge >= 0.3 is 0 Å². The van der Waals surface area contributed by atoms with Crippen molar-refractivity contribution in [1.29, 1.82) is 0 Å².